The third-order valence-corrected chi connectivity index (χ3v) is 3.27. The van der Waals surface area contributed by atoms with Gasteiger partial charge in [-0.25, -0.2) is 4.79 Å². The Kier molecular flexibility index (Phi) is 5.93. The maximum Gasteiger partial charge on any atom is 0.416 e. The molecule has 1 aromatic rings. The molecule has 0 saturated carbocycles. The molecular formula is C16H24N2O4. The van der Waals surface area contributed by atoms with E-state index in [2.05, 4.69) is 0 Å². The van der Waals surface area contributed by atoms with E-state index in [1.165, 1.54) is 4.90 Å². The molecule has 1 aromatic carbocycles. The Labute approximate surface area is 131 Å². The van der Waals surface area contributed by atoms with E-state index in [0.717, 1.165) is 5.56 Å². The predicted molar refractivity (Wildman–Crippen MR) is 84.5 cm³/mol. The summed E-state index contributed by atoms with van der Waals surface area (Å²) >= 11 is 0. The number of hydrogen-bond donors (Lipinski definition) is 1. The summed E-state index contributed by atoms with van der Waals surface area (Å²) in [6.07, 6.45) is -0.610. The van der Waals surface area contributed by atoms with Gasteiger partial charge in [-0.15, -0.1) is 0 Å². The molecule has 0 unspecified atom stereocenters. The Morgan fingerprint density at radius 3 is 2.23 bits per heavy atom. The molecule has 0 spiro atoms. The van der Waals surface area contributed by atoms with Crippen molar-refractivity contribution in [1.29, 1.82) is 0 Å². The Morgan fingerprint density at radius 1 is 1.18 bits per heavy atom. The molecule has 6 heteroatoms. The summed E-state index contributed by atoms with van der Waals surface area (Å²) in [5.41, 5.74) is 7.12. The minimum absolute atomic E-state index is 0.417. The zero-order valence-electron chi connectivity index (χ0n) is 13.8. The van der Waals surface area contributed by atoms with E-state index >= 15 is 0 Å². The Hall–Kier alpha value is -2.08. The molecule has 0 bridgehead atoms. The van der Waals surface area contributed by atoms with Crippen LogP contribution in [0.4, 0.5) is 10.5 Å². The third-order valence-electron chi connectivity index (χ3n) is 3.27. The van der Waals surface area contributed by atoms with E-state index in [9.17, 15) is 9.59 Å². The van der Waals surface area contributed by atoms with Crippen molar-refractivity contribution >= 4 is 17.7 Å². The van der Waals surface area contributed by atoms with Gasteiger partial charge in [0.1, 0.15) is 6.04 Å². The molecule has 0 aliphatic heterocycles. The number of nitrogens with two attached hydrogens (primary N) is 1. The first-order chi connectivity index (χ1) is 10.1. The van der Waals surface area contributed by atoms with Crippen molar-refractivity contribution in [1.82, 2.24) is 0 Å². The lowest BCUT2D eigenvalue weighted by molar-refractivity contribution is -0.155. The second-order valence-electron chi connectivity index (χ2n) is 6.23. The summed E-state index contributed by atoms with van der Waals surface area (Å²) in [5.74, 6) is -0.599. The Bertz CT molecular complexity index is 520. The first-order valence-electron chi connectivity index (χ1n) is 7.02. The molecule has 0 aromatic heterocycles. The lowest BCUT2D eigenvalue weighted by atomic mass is 9.87. The summed E-state index contributed by atoms with van der Waals surface area (Å²) in [6.45, 7) is 6.99. The van der Waals surface area contributed by atoms with Gasteiger partial charge in [0.2, 0.25) is 6.79 Å². The molecule has 1 amide bonds. The van der Waals surface area contributed by atoms with Gasteiger partial charge < -0.3 is 15.2 Å². The molecule has 0 fully saturated rings. The zero-order chi connectivity index (χ0) is 16.9. The summed E-state index contributed by atoms with van der Waals surface area (Å²) in [6, 6.07) is 6.61. The predicted octanol–water partition coefficient (Wildman–Crippen LogP) is 2.44. The SMILES string of the molecule is Cc1ccc(N(C)C(=O)OCOC(=O)[C@@H](N)C(C)(C)C)cc1. The lowest BCUT2D eigenvalue weighted by Crippen LogP contribution is -2.43. The molecule has 22 heavy (non-hydrogen) atoms. The van der Waals surface area contributed by atoms with Gasteiger partial charge in [0.05, 0.1) is 0 Å². The first-order valence-corrected chi connectivity index (χ1v) is 7.02. The second-order valence-corrected chi connectivity index (χ2v) is 6.23. The highest BCUT2D eigenvalue weighted by molar-refractivity contribution is 5.87. The minimum Gasteiger partial charge on any atom is -0.427 e. The molecule has 6 nitrogen and oxygen atoms in total. The second kappa shape index (κ2) is 7.26. The van der Waals surface area contributed by atoms with Gasteiger partial charge in [-0.05, 0) is 24.5 Å². The maximum absolute atomic E-state index is 11.9. The number of anilines is 1. The fraction of sp³-hybridized carbons (Fsp3) is 0.500. The largest absolute Gasteiger partial charge is 0.427 e. The van der Waals surface area contributed by atoms with Crippen molar-refractivity contribution in [3.05, 3.63) is 29.8 Å². The number of nitrogens with zero attached hydrogens (tertiary/aromatic N) is 1. The van der Waals surface area contributed by atoms with Gasteiger partial charge in [0, 0.05) is 12.7 Å². The van der Waals surface area contributed by atoms with Gasteiger partial charge in [0.25, 0.3) is 0 Å². The summed E-state index contributed by atoms with van der Waals surface area (Å²) < 4.78 is 9.78. The smallest absolute Gasteiger partial charge is 0.416 e. The number of esters is 1. The van der Waals surface area contributed by atoms with Crippen molar-refractivity contribution < 1.29 is 19.1 Å². The number of carbonyl (C=O) groups is 2. The van der Waals surface area contributed by atoms with Crippen molar-refractivity contribution in [3.8, 4) is 0 Å². The van der Waals surface area contributed by atoms with Crippen molar-refractivity contribution in [2.75, 3.05) is 18.7 Å². The van der Waals surface area contributed by atoms with Crippen LogP contribution in [-0.4, -0.2) is 31.9 Å². The number of amides is 1. The zero-order valence-corrected chi connectivity index (χ0v) is 13.8. The number of hydrogen-bond acceptors (Lipinski definition) is 5. The molecule has 0 heterocycles. The molecule has 1 atom stereocenters. The molecule has 0 radical (unpaired) electrons. The van der Waals surface area contributed by atoms with Crippen LogP contribution in [0, 0.1) is 12.3 Å². The summed E-state index contributed by atoms with van der Waals surface area (Å²) in [7, 11) is 1.58. The fourth-order valence-electron chi connectivity index (χ4n) is 1.55. The van der Waals surface area contributed by atoms with Crippen molar-refractivity contribution in [3.63, 3.8) is 0 Å². The Morgan fingerprint density at radius 2 is 1.73 bits per heavy atom. The van der Waals surface area contributed by atoms with Gasteiger partial charge in [-0.3, -0.25) is 9.69 Å². The van der Waals surface area contributed by atoms with Crippen molar-refractivity contribution in [2.45, 2.75) is 33.7 Å². The van der Waals surface area contributed by atoms with Crippen LogP contribution in [0.2, 0.25) is 0 Å². The van der Waals surface area contributed by atoms with Gasteiger partial charge in [-0.1, -0.05) is 38.5 Å². The molecule has 0 saturated heterocycles. The van der Waals surface area contributed by atoms with Crippen molar-refractivity contribution in [2.24, 2.45) is 11.1 Å². The average molecular weight is 308 g/mol. The van der Waals surface area contributed by atoms with Crippen LogP contribution in [0.5, 0.6) is 0 Å². The van der Waals surface area contributed by atoms with Gasteiger partial charge in [0.15, 0.2) is 0 Å². The normalized spacial score (nSPS) is 12.5. The summed E-state index contributed by atoms with van der Waals surface area (Å²) in [5, 5.41) is 0. The van der Waals surface area contributed by atoms with E-state index in [1.807, 2.05) is 39.8 Å². The molecule has 122 valence electrons. The van der Waals surface area contributed by atoms with Crippen LogP contribution >= 0.6 is 0 Å². The standard InChI is InChI=1S/C16H24N2O4/c1-11-6-8-12(9-7-11)18(5)15(20)22-10-21-14(19)13(17)16(2,3)4/h6-9,13H,10,17H2,1-5H3/t13-/m1/s1. The highest BCUT2D eigenvalue weighted by Crippen LogP contribution is 2.18. The van der Waals surface area contributed by atoms with E-state index in [1.54, 1.807) is 19.2 Å². The highest BCUT2D eigenvalue weighted by atomic mass is 16.7. The fourth-order valence-corrected chi connectivity index (χ4v) is 1.55. The topological polar surface area (TPSA) is 81.9 Å². The van der Waals surface area contributed by atoms with E-state index in [0.29, 0.717) is 5.69 Å². The van der Waals surface area contributed by atoms with E-state index in [-0.39, 0.29) is 0 Å². The van der Waals surface area contributed by atoms with Crippen LogP contribution in [-0.2, 0) is 14.3 Å². The van der Waals surface area contributed by atoms with Gasteiger partial charge in [-0.2, -0.15) is 0 Å². The maximum atomic E-state index is 11.9. The van der Waals surface area contributed by atoms with Crippen LogP contribution < -0.4 is 10.6 Å². The minimum atomic E-state index is -0.777. The van der Waals surface area contributed by atoms with Gasteiger partial charge >= 0.3 is 12.1 Å². The number of rotatable bonds is 4. The summed E-state index contributed by atoms with van der Waals surface area (Å²) in [4.78, 5) is 24.9. The third kappa shape index (κ3) is 5.04. The number of carbonyl (C=O) groups excluding carboxylic acids is 2. The first kappa shape index (κ1) is 18.0. The van der Waals surface area contributed by atoms with Crippen LogP contribution in [0.3, 0.4) is 0 Å². The number of benzene rings is 1. The average Bonchev–Trinajstić information content (AvgIpc) is 2.45. The monoisotopic (exact) mass is 308 g/mol. The van der Waals surface area contributed by atoms with E-state index < -0.39 is 30.3 Å². The van der Waals surface area contributed by atoms with Crippen LogP contribution in [0.15, 0.2) is 24.3 Å². The molecule has 1 rings (SSSR count). The molecule has 2 N–H and O–H groups in total. The number of ether oxygens (including phenoxy) is 2. The molecule has 0 aliphatic carbocycles. The highest BCUT2D eigenvalue weighted by Gasteiger charge is 2.29. The van der Waals surface area contributed by atoms with Crippen LogP contribution in [0.1, 0.15) is 26.3 Å². The number of aryl methyl sites for hydroxylation is 1. The quantitative estimate of drug-likeness (QED) is 0.682. The molecular weight excluding hydrogens is 284 g/mol. The molecule has 0 aliphatic rings. The van der Waals surface area contributed by atoms with E-state index in [4.69, 9.17) is 15.2 Å². The Balaban J connectivity index is 2.46. The van der Waals surface area contributed by atoms with Crippen LogP contribution in [0.25, 0.3) is 0 Å². The lowest BCUT2D eigenvalue weighted by Gasteiger charge is -2.25.